The number of benzene rings is 2. The first-order valence-corrected chi connectivity index (χ1v) is 14.2. The van der Waals surface area contributed by atoms with Crippen molar-refractivity contribution >= 4 is 40.9 Å². The average molecular weight is 562 g/mol. The van der Waals surface area contributed by atoms with E-state index >= 15 is 0 Å². The zero-order valence-corrected chi connectivity index (χ0v) is 24.0. The van der Waals surface area contributed by atoms with E-state index in [1.165, 1.54) is 0 Å². The summed E-state index contributed by atoms with van der Waals surface area (Å²) in [5.74, 6) is 0.0280. The van der Waals surface area contributed by atoms with Gasteiger partial charge in [-0.3, -0.25) is 14.6 Å². The molecule has 206 valence electrons. The van der Waals surface area contributed by atoms with E-state index in [1.54, 1.807) is 0 Å². The van der Waals surface area contributed by atoms with Crippen LogP contribution in [0.2, 0.25) is 10.0 Å². The Hall–Kier alpha value is -2.32. The van der Waals surface area contributed by atoms with Crippen molar-refractivity contribution in [2.45, 2.75) is 52.1 Å². The number of nitrogens with zero attached hydrogens (tertiary/aromatic N) is 3. The first-order chi connectivity index (χ1) is 18.2. The number of para-hydroxylation sites is 1. The lowest BCUT2D eigenvalue weighted by atomic mass is 9.91. The summed E-state index contributed by atoms with van der Waals surface area (Å²) >= 11 is 12.4. The van der Waals surface area contributed by atoms with Crippen molar-refractivity contribution in [2.75, 3.05) is 51.2 Å². The molecular weight excluding hydrogens is 523 g/mol. The summed E-state index contributed by atoms with van der Waals surface area (Å²) in [6.45, 7) is 10.8. The Labute approximate surface area is 236 Å². The molecule has 0 spiro atoms. The van der Waals surface area contributed by atoms with Crippen LogP contribution in [-0.4, -0.2) is 84.7 Å². The maximum atomic E-state index is 12.7. The SMILES string of the molecule is CCOC(=O)N1CC[C@@H](N2CCN(CC(=O)Nc3c(C)cccc3C)CC2)C[C@H]1Cc1ccc(Cl)c(Cl)c1. The fraction of sp³-hybridized carbons (Fsp3) is 0.517. The van der Waals surface area contributed by atoms with E-state index in [4.69, 9.17) is 27.9 Å². The standard InChI is InChI=1S/C29H38Cl2N4O3/c1-4-38-29(37)35-11-10-23(18-24(35)16-22-8-9-25(30)26(31)17-22)34-14-12-33(13-15-34)19-27(36)32-28-20(2)6-5-7-21(28)3/h5-9,17,23-24H,4,10-16,18-19H2,1-3H3,(H,32,36)/t23-,24-/m1/s1. The Kier molecular flexibility index (Phi) is 9.93. The van der Waals surface area contributed by atoms with Gasteiger partial charge in [-0.05, 0) is 68.9 Å². The summed E-state index contributed by atoms with van der Waals surface area (Å²) < 4.78 is 5.36. The molecule has 9 heteroatoms. The number of aryl methyl sites for hydroxylation is 2. The summed E-state index contributed by atoms with van der Waals surface area (Å²) in [7, 11) is 0. The molecule has 0 saturated carbocycles. The number of nitrogens with one attached hydrogen (secondary N) is 1. The summed E-state index contributed by atoms with van der Waals surface area (Å²) in [4.78, 5) is 32.1. The number of likely N-dealkylation sites (tertiary alicyclic amines) is 1. The molecule has 1 N–H and O–H groups in total. The topological polar surface area (TPSA) is 65.1 Å². The molecule has 2 aromatic rings. The first kappa shape index (κ1) is 28.7. The van der Waals surface area contributed by atoms with Gasteiger partial charge in [0.2, 0.25) is 5.91 Å². The van der Waals surface area contributed by atoms with Gasteiger partial charge in [0, 0.05) is 50.5 Å². The zero-order chi connectivity index (χ0) is 27.2. The van der Waals surface area contributed by atoms with E-state index in [-0.39, 0.29) is 18.0 Å². The Morgan fingerprint density at radius 3 is 2.37 bits per heavy atom. The molecule has 2 saturated heterocycles. The Morgan fingerprint density at radius 1 is 1.00 bits per heavy atom. The number of ether oxygens (including phenoxy) is 1. The van der Waals surface area contributed by atoms with Gasteiger partial charge in [-0.25, -0.2) is 4.79 Å². The molecule has 2 fully saturated rings. The zero-order valence-electron chi connectivity index (χ0n) is 22.5. The number of piperazine rings is 1. The third-order valence-corrected chi connectivity index (χ3v) is 8.42. The molecule has 2 aliphatic heterocycles. The Morgan fingerprint density at radius 2 is 1.71 bits per heavy atom. The van der Waals surface area contributed by atoms with Gasteiger partial charge in [-0.15, -0.1) is 0 Å². The van der Waals surface area contributed by atoms with Gasteiger partial charge in [0.1, 0.15) is 0 Å². The van der Waals surface area contributed by atoms with Crippen LogP contribution in [0.25, 0.3) is 0 Å². The third kappa shape index (κ3) is 7.20. The number of amides is 2. The van der Waals surface area contributed by atoms with Gasteiger partial charge in [-0.1, -0.05) is 47.5 Å². The van der Waals surface area contributed by atoms with Crippen molar-refractivity contribution in [3.05, 3.63) is 63.1 Å². The molecule has 2 amide bonds. The highest BCUT2D eigenvalue weighted by Gasteiger charge is 2.36. The predicted molar refractivity (Wildman–Crippen MR) is 153 cm³/mol. The molecule has 2 heterocycles. The monoisotopic (exact) mass is 560 g/mol. The third-order valence-electron chi connectivity index (χ3n) is 7.68. The van der Waals surface area contributed by atoms with Crippen molar-refractivity contribution in [1.29, 1.82) is 0 Å². The molecule has 4 rings (SSSR count). The molecule has 0 bridgehead atoms. The second-order valence-corrected chi connectivity index (χ2v) is 11.1. The van der Waals surface area contributed by atoms with Gasteiger partial charge in [-0.2, -0.15) is 0 Å². The fourth-order valence-electron chi connectivity index (χ4n) is 5.62. The number of hydrogen-bond donors (Lipinski definition) is 1. The summed E-state index contributed by atoms with van der Waals surface area (Å²) in [6, 6.07) is 12.1. The molecule has 2 atom stereocenters. The lowest BCUT2D eigenvalue weighted by Gasteiger charge is -2.45. The smallest absolute Gasteiger partial charge is 0.410 e. The van der Waals surface area contributed by atoms with Crippen molar-refractivity contribution < 1.29 is 14.3 Å². The van der Waals surface area contributed by atoms with E-state index in [9.17, 15) is 9.59 Å². The number of piperidine rings is 1. The highest BCUT2D eigenvalue weighted by Crippen LogP contribution is 2.29. The predicted octanol–water partition coefficient (Wildman–Crippen LogP) is 5.40. The van der Waals surface area contributed by atoms with Crippen LogP contribution < -0.4 is 5.32 Å². The minimum absolute atomic E-state index is 0.0196. The van der Waals surface area contributed by atoms with Crippen molar-refractivity contribution in [2.24, 2.45) is 0 Å². The number of halogens is 2. The lowest BCUT2D eigenvalue weighted by Crippen LogP contribution is -2.57. The Bertz CT molecular complexity index is 1120. The van der Waals surface area contributed by atoms with E-state index in [0.717, 1.165) is 61.4 Å². The molecule has 7 nitrogen and oxygen atoms in total. The van der Waals surface area contributed by atoms with Gasteiger partial charge >= 0.3 is 6.09 Å². The number of rotatable bonds is 7. The van der Waals surface area contributed by atoms with Crippen LogP contribution in [0.5, 0.6) is 0 Å². The van der Waals surface area contributed by atoms with Gasteiger partial charge in [0.25, 0.3) is 0 Å². The van der Waals surface area contributed by atoms with Gasteiger partial charge in [0.15, 0.2) is 0 Å². The average Bonchev–Trinajstić information content (AvgIpc) is 2.89. The van der Waals surface area contributed by atoms with E-state index < -0.39 is 0 Å². The quantitative estimate of drug-likeness (QED) is 0.491. The molecule has 2 aromatic carbocycles. The molecular formula is C29H38Cl2N4O3. The van der Waals surface area contributed by atoms with Crippen LogP contribution in [0, 0.1) is 13.8 Å². The van der Waals surface area contributed by atoms with Crippen LogP contribution in [0.4, 0.5) is 10.5 Å². The first-order valence-electron chi connectivity index (χ1n) is 13.4. The largest absolute Gasteiger partial charge is 0.450 e. The lowest BCUT2D eigenvalue weighted by molar-refractivity contribution is -0.117. The number of carbonyl (C=O) groups is 2. The van der Waals surface area contributed by atoms with Crippen LogP contribution in [0.3, 0.4) is 0 Å². The number of anilines is 1. The summed E-state index contributed by atoms with van der Waals surface area (Å²) in [5, 5.41) is 4.15. The normalized spacial score (nSPS) is 20.8. The Balaban J connectivity index is 1.33. The molecule has 0 radical (unpaired) electrons. The maximum Gasteiger partial charge on any atom is 0.410 e. The summed E-state index contributed by atoms with van der Waals surface area (Å²) in [5.41, 5.74) is 4.12. The molecule has 0 aliphatic carbocycles. The van der Waals surface area contributed by atoms with Crippen LogP contribution in [-0.2, 0) is 16.0 Å². The summed E-state index contributed by atoms with van der Waals surface area (Å²) in [6.07, 6.45) is 2.22. The van der Waals surface area contributed by atoms with Crippen LogP contribution >= 0.6 is 23.2 Å². The second-order valence-electron chi connectivity index (χ2n) is 10.3. The minimum Gasteiger partial charge on any atom is -0.450 e. The maximum absolute atomic E-state index is 12.7. The molecule has 2 aliphatic rings. The number of carbonyl (C=O) groups excluding carboxylic acids is 2. The highest BCUT2D eigenvalue weighted by atomic mass is 35.5. The van der Waals surface area contributed by atoms with Crippen molar-refractivity contribution in [3.8, 4) is 0 Å². The molecule has 0 unspecified atom stereocenters. The van der Waals surface area contributed by atoms with Crippen LogP contribution in [0.15, 0.2) is 36.4 Å². The minimum atomic E-state index is -0.254. The fourth-order valence-corrected chi connectivity index (χ4v) is 5.94. The highest BCUT2D eigenvalue weighted by molar-refractivity contribution is 6.42. The van der Waals surface area contributed by atoms with Gasteiger partial charge in [0.05, 0.1) is 23.2 Å². The molecule has 38 heavy (non-hydrogen) atoms. The van der Waals surface area contributed by atoms with E-state index in [1.807, 2.05) is 62.1 Å². The van der Waals surface area contributed by atoms with Gasteiger partial charge < -0.3 is 15.0 Å². The number of hydrogen-bond acceptors (Lipinski definition) is 5. The van der Waals surface area contributed by atoms with Crippen molar-refractivity contribution in [1.82, 2.24) is 14.7 Å². The van der Waals surface area contributed by atoms with Crippen LogP contribution in [0.1, 0.15) is 36.5 Å². The second kappa shape index (κ2) is 13.2. The van der Waals surface area contributed by atoms with E-state index in [2.05, 4.69) is 15.1 Å². The van der Waals surface area contributed by atoms with Crippen molar-refractivity contribution in [3.63, 3.8) is 0 Å². The van der Waals surface area contributed by atoms with E-state index in [0.29, 0.717) is 42.2 Å². The molecule has 0 aromatic heterocycles.